The Bertz CT molecular complexity index is 822. The van der Waals surface area contributed by atoms with Crippen molar-refractivity contribution in [3.63, 3.8) is 0 Å². The molecule has 1 aliphatic heterocycles. The summed E-state index contributed by atoms with van der Waals surface area (Å²) in [6.07, 6.45) is 0.623. The molecule has 2 aromatic rings. The molecule has 1 aliphatic rings. The smallest absolute Gasteiger partial charge is 0.265 e. The molecule has 0 radical (unpaired) electrons. The molecule has 0 saturated carbocycles. The zero-order valence-electron chi connectivity index (χ0n) is 10.9. The Morgan fingerprint density at radius 3 is 2.67 bits per heavy atom. The predicted octanol–water partition coefficient (Wildman–Crippen LogP) is 3.33. The Morgan fingerprint density at radius 2 is 1.90 bits per heavy atom. The van der Waals surface area contributed by atoms with E-state index in [2.05, 4.69) is 0 Å². The molecule has 2 aromatic carbocycles. The van der Waals surface area contributed by atoms with Gasteiger partial charge in [0.1, 0.15) is 4.90 Å². The lowest BCUT2D eigenvalue weighted by Gasteiger charge is -2.21. The average molecular weight is 343 g/mol. The van der Waals surface area contributed by atoms with Crippen molar-refractivity contribution in [2.45, 2.75) is 11.3 Å². The number of para-hydroxylation sites is 1. The standard InChI is InChI=1S/C14H12Cl2N2O2S/c15-10-4-5-11(16)13(8-10)21(19,20)18-7-6-9-2-1-3-12(17)14(9)18/h1-5,8H,6-7,17H2. The number of halogens is 2. The lowest BCUT2D eigenvalue weighted by molar-refractivity contribution is 0.592. The topological polar surface area (TPSA) is 63.4 Å². The molecule has 0 amide bonds. The molecule has 0 fully saturated rings. The first-order valence-corrected chi connectivity index (χ1v) is 8.46. The molecular weight excluding hydrogens is 331 g/mol. The number of hydrogen-bond donors (Lipinski definition) is 1. The number of nitrogens with two attached hydrogens (primary N) is 1. The quantitative estimate of drug-likeness (QED) is 0.851. The summed E-state index contributed by atoms with van der Waals surface area (Å²) in [4.78, 5) is -0.00669. The van der Waals surface area contributed by atoms with Gasteiger partial charge >= 0.3 is 0 Å². The van der Waals surface area contributed by atoms with Gasteiger partial charge in [-0.25, -0.2) is 8.42 Å². The molecule has 3 rings (SSSR count). The van der Waals surface area contributed by atoms with Crippen LogP contribution in [0.5, 0.6) is 0 Å². The van der Waals surface area contributed by atoms with E-state index in [1.807, 2.05) is 12.1 Å². The van der Waals surface area contributed by atoms with Gasteiger partial charge in [0.15, 0.2) is 0 Å². The van der Waals surface area contributed by atoms with Crippen LogP contribution < -0.4 is 10.0 Å². The molecule has 110 valence electrons. The van der Waals surface area contributed by atoms with Crippen molar-refractivity contribution in [1.29, 1.82) is 0 Å². The van der Waals surface area contributed by atoms with Gasteiger partial charge in [-0.2, -0.15) is 0 Å². The highest BCUT2D eigenvalue weighted by atomic mass is 35.5. The Labute approximate surface area is 133 Å². The van der Waals surface area contributed by atoms with Gasteiger partial charge in [-0.05, 0) is 36.2 Å². The predicted molar refractivity (Wildman–Crippen MR) is 85.6 cm³/mol. The van der Waals surface area contributed by atoms with Crippen LogP contribution in [0.2, 0.25) is 10.0 Å². The number of rotatable bonds is 2. The molecule has 0 aromatic heterocycles. The van der Waals surface area contributed by atoms with Crippen molar-refractivity contribution in [2.24, 2.45) is 0 Å². The molecule has 0 aliphatic carbocycles. The van der Waals surface area contributed by atoms with E-state index in [-0.39, 0.29) is 9.92 Å². The zero-order chi connectivity index (χ0) is 15.2. The minimum absolute atomic E-state index is 0.00669. The van der Waals surface area contributed by atoms with E-state index in [0.717, 1.165) is 5.56 Å². The summed E-state index contributed by atoms with van der Waals surface area (Å²) in [7, 11) is -3.79. The summed E-state index contributed by atoms with van der Waals surface area (Å²) in [5.41, 5.74) is 7.83. The fourth-order valence-electron chi connectivity index (χ4n) is 2.48. The summed E-state index contributed by atoms with van der Waals surface area (Å²) >= 11 is 11.9. The highest BCUT2D eigenvalue weighted by Crippen LogP contribution is 2.39. The second kappa shape index (κ2) is 5.09. The number of nitrogens with zero attached hydrogens (tertiary/aromatic N) is 1. The van der Waals surface area contributed by atoms with Gasteiger partial charge in [0, 0.05) is 11.6 Å². The first-order valence-electron chi connectivity index (χ1n) is 6.26. The van der Waals surface area contributed by atoms with E-state index >= 15 is 0 Å². The van der Waals surface area contributed by atoms with Crippen LogP contribution in [0.15, 0.2) is 41.3 Å². The second-order valence-corrected chi connectivity index (χ2v) is 7.43. The normalized spacial score (nSPS) is 14.3. The van der Waals surface area contributed by atoms with Gasteiger partial charge in [0.25, 0.3) is 10.0 Å². The van der Waals surface area contributed by atoms with Gasteiger partial charge < -0.3 is 5.73 Å². The number of sulfonamides is 1. The van der Waals surface area contributed by atoms with E-state index in [0.29, 0.717) is 29.4 Å². The number of fused-ring (bicyclic) bond motifs is 1. The van der Waals surface area contributed by atoms with Crippen LogP contribution in [0.3, 0.4) is 0 Å². The van der Waals surface area contributed by atoms with Gasteiger partial charge in [0.05, 0.1) is 16.4 Å². The zero-order valence-corrected chi connectivity index (χ0v) is 13.2. The van der Waals surface area contributed by atoms with Crippen molar-refractivity contribution < 1.29 is 8.42 Å². The van der Waals surface area contributed by atoms with Crippen LogP contribution >= 0.6 is 23.2 Å². The Balaban J connectivity index is 2.16. The monoisotopic (exact) mass is 342 g/mol. The van der Waals surface area contributed by atoms with E-state index in [1.165, 1.54) is 16.4 Å². The number of hydrogen-bond acceptors (Lipinski definition) is 3. The Kier molecular flexibility index (Phi) is 3.51. The molecule has 0 spiro atoms. The minimum atomic E-state index is -3.79. The fourth-order valence-corrected chi connectivity index (χ4v) is 4.75. The van der Waals surface area contributed by atoms with Crippen LogP contribution in [0.25, 0.3) is 0 Å². The maximum Gasteiger partial charge on any atom is 0.265 e. The lowest BCUT2D eigenvalue weighted by Crippen LogP contribution is -2.29. The molecular formula is C14H12Cl2N2O2S. The van der Waals surface area contributed by atoms with Crippen LogP contribution in [-0.2, 0) is 16.4 Å². The largest absolute Gasteiger partial charge is 0.397 e. The van der Waals surface area contributed by atoms with Crippen molar-refractivity contribution in [3.05, 3.63) is 52.0 Å². The third-order valence-electron chi connectivity index (χ3n) is 3.45. The third-order valence-corrected chi connectivity index (χ3v) is 5.96. The summed E-state index contributed by atoms with van der Waals surface area (Å²) < 4.78 is 27.0. The van der Waals surface area contributed by atoms with Gasteiger partial charge in [0.2, 0.25) is 0 Å². The van der Waals surface area contributed by atoms with Crippen LogP contribution in [-0.4, -0.2) is 15.0 Å². The van der Waals surface area contributed by atoms with Crippen LogP contribution in [0, 0.1) is 0 Å². The summed E-state index contributed by atoms with van der Waals surface area (Å²) in [5, 5.41) is 0.459. The third kappa shape index (κ3) is 2.35. The van der Waals surface area contributed by atoms with Gasteiger partial charge in [-0.15, -0.1) is 0 Å². The summed E-state index contributed by atoms with van der Waals surface area (Å²) in [6.45, 7) is 0.342. The number of benzene rings is 2. The summed E-state index contributed by atoms with van der Waals surface area (Å²) in [6, 6.07) is 9.76. The molecule has 0 atom stereocenters. The van der Waals surface area contributed by atoms with E-state index in [1.54, 1.807) is 12.1 Å². The van der Waals surface area contributed by atoms with Crippen LogP contribution in [0.1, 0.15) is 5.56 Å². The maximum atomic E-state index is 12.8. The SMILES string of the molecule is Nc1cccc2c1N(S(=O)(=O)c1cc(Cl)ccc1Cl)CC2. The average Bonchev–Trinajstić information content (AvgIpc) is 2.87. The van der Waals surface area contributed by atoms with E-state index in [9.17, 15) is 8.42 Å². The molecule has 0 bridgehead atoms. The Morgan fingerprint density at radius 1 is 1.14 bits per heavy atom. The molecule has 1 heterocycles. The maximum absolute atomic E-state index is 12.8. The molecule has 4 nitrogen and oxygen atoms in total. The van der Waals surface area contributed by atoms with Gasteiger partial charge in [-0.3, -0.25) is 4.31 Å². The van der Waals surface area contributed by atoms with E-state index in [4.69, 9.17) is 28.9 Å². The first-order chi connectivity index (χ1) is 9.91. The van der Waals surface area contributed by atoms with Crippen molar-refractivity contribution in [2.75, 3.05) is 16.6 Å². The molecule has 21 heavy (non-hydrogen) atoms. The summed E-state index contributed by atoms with van der Waals surface area (Å²) in [5.74, 6) is 0. The van der Waals surface area contributed by atoms with Crippen molar-refractivity contribution >= 4 is 44.6 Å². The molecule has 0 saturated heterocycles. The number of nitrogen functional groups attached to an aromatic ring is 1. The minimum Gasteiger partial charge on any atom is -0.397 e. The first kappa shape index (κ1) is 14.5. The number of anilines is 2. The fraction of sp³-hybridized carbons (Fsp3) is 0.143. The molecule has 0 unspecified atom stereocenters. The highest BCUT2D eigenvalue weighted by Gasteiger charge is 2.33. The Hall–Kier alpha value is -1.43. The van der Waals surface area contributed by atoms with Crippen molar-refractivity contribution in [3.8, 4) is 0 Å². The molecule has 2 N–H and O–H groups in total. The lowest BCUT2D eigenvalue weighted by atomic mass is 10.1. The van der Waals surface area contributed by atoms with Crippen LogP contribution in [0.4, 0.5) is 11.4 Å². The highest BCUT2D eigenvalue weighted by molar-refractivity contribution is 7.93. The molecule has 7 heteroatoms. The van der Waals surface area contributed by atoms with E-state index < -0.39 is 10.0 Å². The second-order valence-electron chi connectivity index (χ2n) is 4.76. The van der Waals surface area contributed by atoms with Gasteiger partial charge in [-0.1, -0.05) is 35.3 Å². The van der Waals surface area contributed by atoms with Crippen molar-refractivity contribution in [1.82, 2.24) is 0 Å².